The molecule has 310 valence electrons. The van der Waals surface area contributed by atoms with Crippen LogP contribution >= 0.6 is 22.9 Å². The Bertz CT molecular complexity index is 2540. The lowest BCUT2D eigenvalue weighted by Crippen LogP contribution is -2.49. The maximum atomic E-state index is 13.1. The highest BCUT2D eigenvalue weighted by atomic mass is 35.5. The number of carbonyl (C=O) groups is 1. The molecular weight excluding hydrogens is 804 g/mol. The first-order valence-corrected chi connectivity index (χ1v) is 21.3. The summed E-state index contributed by atoms with van der Waals surface area (Å²) in [6.07, 6.45) is 3.44. The number of methoxy groups -OCH3 is 1. The number of ether oxygens (including phenoxy) is 5. The van der Waals surface area contributed by atoms with Crippen LogP contribution < -0.4 is 23.7 Å². The van der Waals surface area contributed by atoms with Gasteiger partial charge in [-0.1, -0.05) is 29.8 Å². The number of benzene rings is 3. The summed E-state index contributed by atoms with van der Waals surface area (Å²) in [6, 6.07) is 18.7. The van der Waals surface area contributed by atoms with E-state index in [-0.39, 0.29) is 31.6 Å². The Morgan fingerprint density at radius 3 is 2.62 bits per heavy atom. The third kappa shape index (κ3) is 8.42. The van der Waals surface area contributed by atoms with Gasteiger partial charge in [-0.05, 0) is 86.3 Å². The van der Waals surface area contributed by atoms with Crippen molar-refractivity contribution in [1.29, 1.82) is 0 Å². The molecule has 15 heteroatoms. The number of aliphatic carboxylic acids is 1. The number of nitrogens with zero attached hydrogens (tertiary/aromatic N) is 6. The molecule has 6 aromatic rings. The van der Waals surface area contributed by atoms with Crippen LogP contribution in [0.25, 0.3) is 32.7 Å². The van der Waals surface area contributed by atoms with Crippen molar-refractivity contribution in [2.75, 3.05) is 53.5 Å². The average molecular weight is 849 g/mol. The zero-order chi connectivity index (χ0) is 41.3. The monoisotopic (exact) mass is 848 g/mol. The Kier molecular flexibility index (Phi) is 11.4. The number of hydrogen-bond acceptors (Lipinski definition) is 13. The molecular formula is C45H45ClN6O7S. The fourth-order valence-corrected chi connectivity index (χ4v) is 9.32. The van der Waals surface area contributed by atoms with Gasteiger partial charge in [0.2, 0.25) is 12.0 Å². The second-order valence-electron chi connectivity index (χ2n) is 15.5. The fraction of sp³-hybridized carbons (Fsp3) is 0.356. The van der Waals surface area contributed by atoms with E-state index in [1.54, 1.807) is 36.8 Å². The highest BCUT2D eigenvalue weighted by Crippen LogP contribution is 2.54. The van der Waals surface area contributed by atoms with Crippen molar-refractivity contribution in [1.82, 2.24) is 29.7 Å². The molecule has 0 spiro atoms. The molecule has 10 rings (SSSR count). The summed E-state index contributed by atoms with van der Waals surface area (Å²) in [5.41, 5.74) is 4.62. The summed E-state index contributed by atoms with van der Waals surface area (Å²) >= 11 is 8.80. The first-order chi connectivity index (χ1) is 29.2. The van der Waals surface area contributed by atoms with E-state index >= 15 is 0 Å². The predicted octanol–water partition coefficient (Wildman–Crippen LogP) is 7.70. The van der Waals surface area contributed by atoms with Gasteiger partial charge in [-0.25, -0.2) is 24.7 Å². The first kappa shape index (κ1) is 39.9. The first-order valence-electron chi connectivity index (χ1n) is 20.1. The molecule has 1 N–H and O–H groups in total. The van der Waals surface area contributed by atoms with Crippen LogP contribution in [0.4, 0.5) is 0 Å². The second-order valence-corrected chi connectivity index (χ2v) is 16.9. The minimum Gasteiger partial charge on any atom is -0.496 e. The van der Waals surface area contributed by atoms with Gasteiger partial charge in [0.15, 0.2) is 5.82 Å². The molecule has 3 aliphatic heterocycles. The molecule has 0 unspecified atom stereocenters. The number of piperazine rings is 1. The Balaban J connectivity index is 1.10. The Labute approximate surface area is 356 Å². The molecule has 1 saturated heterocycles. The van der Waals surface area contributed by atoms with Crippen molar-refractivity contribution in [2.45, 2.75) is 50.9 Å². The molecule has 60 heavy (non-hydrogen) atoms. The largest absolute Gasteiger partial charge is 0.496 e. The van der Waals surface area contributed by atoms with E-state index in [2.05, 4.69) is 31.8 Å². The normalized spacial score (nSPS) is 18.6. The summed E-state index contributed by atoms with van der Waals surface area (Å²) in [4.78, 5) is 38.2. The summed E-state index contributed by atoms with van der Waals surface area (Å²) < 4.78 is 31.7. The van der Waals surface area contributed by atoms with Gasteiger partial charge in [-0.15, -0.1) is 11.3 Å². The van der Waals surface area contributed by atoms with Crippen molar-refractivity contribution < 1.29 is 33.6 Å². The number of likely N-dealkylation sites (N-methyl/N-ethyl adjacent to an activating group) is 1. The Hall–Kier alpha value is -5.54. The summed E-state index contributed by atoms with van der Waals surface area (Å²) in [5, 5.41) is 11.9. The van der Waals surface area contributed by atoms with E-state index in [1.165, 1.54) is 6.33 Å². The minimum atomic E-state index is -1.34. The molecule has 6 heterocycles. The molecule has 0 radical (unpaired) electrons. The molecule has 1 aliphatic carbocycles. The smallest absolute Gasteiger partial charge is 0.345 e. The summed E-state index contributed by atoms with van der Waals surface area (Å²) in [6.45, 7) is 6.65. The number of carboxylic acid groups (broad SMARTS) is 1. The third-order valence-corrected chi connectivity index (χ3v) is 13.0. The lowest BCUT2D eigenvalue weighted by atomic mass is 9.97. The van der Waals surface area contributed by atoms with Gasteiger partial charge in [0.05, 0.1) is 28.8 Å². The number of para-hydroxylation sites is 1. The summed E-state index contributed by atoms with van der Waals surface area (Å²) in [5.74, 6) is 2.09. The van der Waals surface area contributed by atoms with Crippen molar-refractivity contribution in [3.8, 4) is 51.4 Å². The summed E-state index contributed by atoms with van der Waals surface area (Å²) in [7, 11) is 3.74. The van der Waals surface area contributed by atoms with Gasteiger partial charge in [0, 0.05) is 61.3 Å². The van der Waals surface area contributed by atoms with Crippen molar-refractivity contribution in [3.05, 3.63) is 99.9 Å². The number of carboxylic acids is 1. The second kappa shape index (κ2) is 17.2. The molecule has 2 fully saturated rings. The maximum absolute atomic E-state index is 13.1. The molecule has 3 aromatic carbocycles. The van der Waals surface area contributed by atoms with E-state index in [0.29, 0.717) is 63.0 Å². The van der Waals surface area contributed by atoms with E-state index in [4.69, 9.17) is 40.3 Å². The van der Waals surface area contributed by atoms with Crippen LogP contribution in [0.15, 0.2) is 73.2 Å². The zero-order valence-corrected chi connectivity index (χ0v) is 35.2. The van der Waals surface area contributed by atoms with Gasteiger partial charge >= 0.3 is 5.97 Å². The van der Waals surface area contributed by atoms with Crippen molar-refractivity contribution in [3.63, 3.8) is 0 Å². The van der Waals surface area contributed by atoms with E-state index < -0.39 is 12.1 Å². The van der Waals surface area contributed by atoms with E-state index in [0.717, 1.165) is 71.0 Å². The number of halogens is 1. The SMILES string of the molecule is COc1ccccc1-c1nccc(COc2ccc3cc2C[C@H](C(=O)O)Oc2ncnc4sc(C5CC5)c(c24)-c2ccc(c(Cl)c2C)O[C@H](CN2CCN(C)CC2)CO3)n1. The predicted molar refractivity (Wildman–Crippen MR) is 229 cm³/mol. The van der Waals surface area contributed by atoms with Crippen LogP contribution in [0.2, 0.25) is 5.02 Å². The molecule has 2 atom stereocenters. The zero-order valence-electron chi connectivity index (χ0n) is 33.6. The van der Waals surface area contributed by atoms with Crippen molar-refractivity contribution in [2.24, 2.45) is 0 Å². The minimum absolute atomic E-state index is 0.0566. The van der Waals surface area contributed by atoms with Crippen LogP contribution in [0.1, 0.15) is 40.5 Å². The molecule has 4 bridgehead atoms. The molecule has 13 nitrogen and oxygen atoms in total. The third-order valence-electron chi connectivity index (χ3n) is 11.2. The molecule has 3 aromatic heterocycles. The number of rotatable bonds is 9. The average Bonchev–Trinajstić information content (AvgIpc) is 4.04. The van der Waals surface area contributed by atoms with Crippen molar-refractivity contribution >= 4 is 39.1 Å². The van der Waals surface area contributed by atoms with E-state index in [1.807, 2.05) is 55.5 Å². The lowest BCUT2D eigenvalue weighted by Gasteiger charge is -2.34. The van der Waals surface area contributed by atoms with Gasteiger partial charge in [-0.3, -0.25) is 4.90 Å². The van der Waals surface area contributed by atoms with Crippen LogP contribution in [0.5, 0.6) is 28.9 Å². The standard InChI is InChI=1S/C45H45ClN6O7S/c1-26-32-11-13-36(40(26)46)58-31(22-52-18-16-51(2)17-19-52)24-56-30-10-12-34(57-23-29-14-15-47-42(50-29)33-6-4-5-7-35(33)55-3)28(20-30)21-37(45(53)54)59-43-39-38(32)41(27-8-9-27)60-44(39)49-25-48-43/h4-7,10-15,20,25,27,31,37H,8-9,16-19,21-24H2,1-3H3,(H,53,54)/t31-,37-/m1/s1. The molecule has 4 aliphatic rings. The Morgan fingerprint density at radius 1 is 0.983 bits per heavy atom. The van der Waals surface area contributed by atoms with Gasteiger partial charge in [0.1, 0.15) is 53.5 Å². The number of thiophene rings is 1. The molecule has 1 saturated carbocycles. The highest BCUT2D eigenvalue weighted by Gasteiger charge is 2.34. The number of aromatic nitrogens is 4. The maximum Gasteiger partial charge on any atom is 0.345 e. The van der Waals surface area contributed by atoms with Crippen LogP contribution in [0, 0.1) is 6.92 Å². The quantitative estimate of drug-likeness (QED) is 0.152. The van der Waals surface area contributed by atoms with Gasteiger partial charge in [0.25, 0.3) is 0 Å². The van der Waals surface area contributed by atoms with Gasteiger partial charge in [-0.2, -0.15) is 0 Å². The fourth-order valence-electron chi connectivity index (χ4n) is 7.79. The Morgan fingerprint density at radius 2 is 1.82 bits per heavy atom. The number of hydrogen-bond donors (Lipinski definition) is 1. The van der Waals surface area contributed by atoms with Crippen LogP contribution in [0.3, 0.4) is 0 Å². The highest BCUT2D eigenvalue weighted by molar-refractivity contribution is 7.19. The van der Waals surface area contributed by atoms with E-state index in [9.17, 15) is 9.90 Å². The molecule has 0 amide bonds. The van der Waals surface area contributed by atoms with Crippen LogP contribution in [-0.4, -0.2) is 107 Å². The number of fused-ring (bicyclic) bond motifs is 7. The van der Waals surface area contributed by atoms with Gasteiger partial charge < -0.3 is 33.7 Å². The lowest BCUT2D eigenvalue weighted by molar-refractivity contribution is -0.145. The topological polar surface area (TPSA) is 141 Å². The van der Waals surface area contributed by atoms with Crippen LogP contribution in [-0.2, 0) is 17.8 Å².